The van der Waals surface area contributed by atoms with Crippen LogP contribution in [0.4, 0.5) is 5.69 Å². The van der Waals surface area contributed by atoms with Gasteiger partial charge >= 0.3 is 5.69 Å². The van der Waals surface area contributed by atoms with E-state index in [0.717, 1.165) is 12.1 Å². The average Bonchev–Trinajstić information content (AvgIpc) is 2.35. The molecular weight excluding hydrogens is 272 g/mol. The second kappa shape index (κ2) is 7.38. The van der Waals surface area contributed by atoms with Crippen LogP contribution in [-0.4, -0.2) is 28.8 Å². The van der Waals surface area contributed by atoms with Crippen LogP contribution in [0.1, 0.15) is 33.3 Å². The molecule has 0 saturated carbocycles. The standard InChI is InChI=1S/C15H24N2O4/c1-11(2)8-16-9-12-5-6-14(13(7-12)17(19)20)21-10-15(3,4)18/h5-7,11,16,18H,8-10H2,1-4H3. The third kappa shape index (κ3) is 6.55. The van der Waals surface area contributed by atoms with Gasteiger partial charge in [-0.2, -0.15) is 0 Å². The minimum absolute atomic E-state index is 0.00120. The molecular formula is C15H24N2O4. The Kier molecular flexibility index (Phi) is 6.11. The summed E-state index contributed by atoms with van der Waals surface area (Å²) >= 11 is 0. The number of nitrogens with one attached hydrogen (secondary N) is 1. The van der Waals surface area contributed by atoms with Gasteiger partial charge in [0.1, 0.15) is 6.61 Å². The van der Waals surface area contributed by atoms with Gasteiger partial charge in [-0.1, -0.05) is 19.9 Å². The first-order chi connectivity index (χ1) is 9.69. The van der Waals surface area contributed by atoms with Gasteiger partial charge < -0.3 is 15.2 Å². The van der Waals surface area contributed by atoms with Crippen molar-refractivity contribution >= 4 is 5.69 Å². The van der Waals surface area contributed by atoms with Crippen molar-refractivity contribution in [3.05, 3.63) is 33.9 Å². The molecule has 0 aliphatic carbocycles. The Labute approximate surface area is 125 Å². The van der Waals surface area contributed by atoms with E-state index in [0.29, 0.717) is 12.5 Å². The van der Waals surface area contributed by atoms with Crippen molar-refractivity contribution in [3.8, 4) is 5.75 Å². The lowest BCUT2D eigenvalue weighted by Crippen LogP contribution is -2.28. The molecule has 0 aliphatic rings. The molecule has 0 aliphatic heterocycles. The minimum atomic E-state index is -1.04. The van der Waals surface area contributed by atoms with Crippen LogP contribution < -0.4 is 10.1 Å². The fourth-order valence-corrected chi connectivity index (χ4v) is 1.70. The molecule has 0 saturated heterocycles. The zero-order chi connectivity index (χ0) is 16.0. The lowest BCUT2D eigenvalue weighted by atomic mass is 10.1. The number of nitro benzene ring substituents is 1. The summed E-state index contributed by atoms with van der Waals surface area (Å²) in [6, 6.07) is 4.88. The summed E-state index contributed by atoms with van der Waals surface area (Å²) in [4.78, 5) is 10.7. The molecule has 0 fully saturated rings. The molecule has 0 unspecified atom stereocenters. The molecule has 0 atom stereocenters. The van der Waals surface area contributed by atoms with Crippen LogP contribution >= 0.6 is 0 Å². The Morgan fingerprint density at radius 1 is 1.43 bits per heavy atom. The number of nitrogens with zero attached hydrogens (tertiary/aromatic N) is 1. The number of rotatable bonds is 8. The minimum Gasteiger partial charge on any atom is -0.484 e. The molecule has 0 radical (unpaired) electrons. The summed E-state index contributed by atoms with van der Waals surface area (Å²) < 4.78 is 5.35. The first-order valence-electron chi connectivity index (χ1n) is 7.02. The summed E-state index contributed by atoms with van der Waals surface area (Å²) in [5, 5.41) is 24.0. The molecule has 1 rings (SSSR count). The maximum atomic E-state index is 11.1. The quantitative estimate of drug-likeness (QED) is 0.568. The summed E-state index contributed by atoms with van der Waals surface area (Å²) in [6.07, 6.45) is 0. The monoisotopic (exact) mass is 296 g/mol. The number of ether oxygens (including phenoxy) is 1. The van der Waals surface area contributed by atoms with E-state index in [-0.39, 0.29) is 18.0 Å². The first kappa shape index (κ1) is 17.4. The molecule has 6 heteroatoms. The van der Waals surface area contributed by atoms with E-state index in [9.17, 15) is 15.2 Å². The van der Waals surface area contributed by atoms with E-state index < -0.39 is 10.5 Å². The molecule has 6 nitrogen and oxygen atoms in total. The molecule has 0 amide bonds. The zero-order valence-electron chi connectivity index (χ0n) is 13.0. The fraction of sp³-hybridized carbons (Fsp3) is 0.600. The predicted octanol–water partition coefficient (Wildman–Crippen LogP) is 2.49. The lowest BCUT2D eigenvalue weighted by Gasteiger charge is -2.18. The van der Waals surface area contributed by atoms with Gasteiger partial charge in [0, 0.05) is 12.6 Å². The van der Waals surface area contributed by atoms with Gasteiger partial charge in [-0.3, -0.25) is 10.1 Å². The van der Waals surface area contributed by atoms with Crippen molar-refractivity contribution in [2.75, 3.05) is 13.2 Å². The van der Waals surface area contributed by atoms with Crippen LogP contribution in [0.2, 0.25) is 0 Å². The Morgan fingerprint density at radius 2 is 2.10 bits per heavy atom. The van der Waals surface area contributed by atoms with E-state index in [4.69, 9.17) is 4.74 Å². The van der Waals surface area contributed by atoms with E-state index in [1.54, 1.807) is 26.0 Å². The Hall–Kier alpha value is -1.66. The Balaban J connectivity index is 2.79. The highest BCUT2D eigenvalue weighted by molar-refractivity contribution is 5.48. The van der Waals surface area contributed by atoms with Crippen LogP contribution in [0.25, 0.3) is 0 Å². The van der Waals surface area contributed by atoms with Crippen LogP contribution in [0, 0.1) is 16.0 Å². The topological polar surface area (TPSA) is 84.6 Å². The molecule has 1 aromatic rings. The average molecular weight is 296 g/mol. The Morgan fingerprint density at radius 3 is 2.62 bits per heavy atom. The van der Waals surface area contributed by atoms with E-state index in [2.05, 4.69) is 19.2 Å². The zero-order valence-corrected chi connectivity index (χ0v) is 13.0. The third-order valence-corrected chi connectivity index (χ3v) is 2.68. The van der Waals surface area contributed by atoms with Gasteiger partial charge in [-0.05, 0) is 37.9 Å². The Bertz CT molecular complexity index is 481. The first-order valence-corrected chi connectivity index (χ1v) is 7.02. The second-order valence-electron chi connectivity index (χ2n) is 6.19. The molecule has 0 aromatic heterocycles. The highest BCUT2D eigenvalue weighted by Gasteiger charge is 2.20. The maximum absolute atomic E-state index is 11.1. The van der Waals surface area contributed by atoms with Crippen molar-refractivity contribution in [2.45, 2.75) is 39.8 Å². The fourth-order valence-electron chi connectivity index (χ4n) is 1.70. The number of nitro groups is 1. The highest BCUT2D eigenvalue weighted by atomic mass is 16.6. The van der Waals surface area contributed by atoms with Gasteiger partial charge in [0.05, 0.1) is 10.5 Å². The van der Waals surface area contributed by atoms with Crippen molar-refractivity contribution in [2.24, 2.45) is 5.92 Å². The molecule has 118 valence electrons. The smallest absolute Gasteiger partial charge is 0.311 e. The van der Waals surface area contributed by atoms with Crippen LogP contribution in [0.3, 0.4) is 0 Å². The highest BCUT2D eigenvalue weighted by Crippen LogP contribution is 2.28. The molecule has 21 heavy (non-hydrogen) atoms. The molecule has 0 bridgehead atoms. The molecule has 0 spiro atoms. The van der Waals surface area contributed by atoms with Crippen LogP contribution in [0.15, 0.2) is 18.2 Å². The molecule has 2 N–H and O–H groups in total. The van der Waals surface area contributed by atoms with E-state index >= 15 is 0 Å². The lowest BCUT2D eigenvalue weighted by molar-refractivity contribution is -0.386. The van der Waals surface area contributed by atoms with Crippen molar-refractivity contribution in [1.29, 1.82) is 0 Å². The van der Waals surface area contributed by atoms with Crippen LogP contribution in [0.5, 0.6) is 5.75 Å². The second-order valence-corrected chi connectivity index (χ2v) is 6.19. The van der Waals surface area contributed by atoms with Gasteiger partial charge in [0.2, 0.25) is 0 Å². The summed E-state index contributed by atoms with van der Waals surface area (Å²) in [7, 11) is 0. The molecule has 1 aromatic carbocycles. The van der Waals surface area contributed by atoms with Gasteiger partial charge in [-0.15, -0.1) is 0 Å². The largest absolute Gasteiger partial charge is 0.484 e. The van der Waals surface area contributed by atoms with Gasteiger partial charge in [-0.25, -0.2) is 0 Å². The summed E-state index contributed by atoms with van der Waals surface area (Å²) in [6.45, 7) is 8.80. The summed E-state index contributed by atoms with van der Waals surface area (Å²) in [5.74, 6) is 0.698. The number of benzene rings is 1. The van der Waals surface area contributed by atoms with Gasteiger partial charge in [0.15, 0.2) is 5.75 Å². The number of hydrogen-bond donors (Lipinski definition) is 2. The number of hydrogen-bond acceptors (Lipinski definition) is 5. The van der Waals surface area contributed by atoms with E-state index in [1.165, 1.54) is 6.07 Å². The maximum Gasteiger partial charge on any atom is 0.311 e. The van der Waals surface area contributed by atoms with E-state index in [1.807, 2.05) is 0 Å². The summed E-state index contributed by atoms with van der Waals surface area (Å²) in [5.41, 5.74) is -0.285. The predicted molar refractivity (Wildman–Crippen MR) is 81.4 cm³/mol. The van der Waals surface area contributed by atoms with Gasteiger partial charge in [0.25, 0.3) is 0 Å². The van der Waals surface area contributed by atoms with Crippen molar-refractivity contribution < 1.29 is 14.8 Å². The number of aliphatic hydroxyl groups is 1. The normalized spacial score (nSPS) is 11.7. The van der Waals surface area contributed by atoms with Crippen molar-refractivity contribution in [1.82, 2.24) is 5.32 Å². The molecule has 0 heterocycles. The van der Waals surface area contributed by atoms with Crippen LogP contribution in [-0.2, 0) is 6.54 Å². The SMILES string of the molecule is CC(C)CNCc1ccc(OCC(C)(C)O)c([N+](=O)[O-])c1. The van der Waals surface area contributed by atoms with Crippen molar-refractivity contribution in [3.63, 3.8) is 0 Å². The third-order valence-electron chi connectivity index (χ3n) is 2.68.